The summed E-state index contributed by atoms with van der Waals surface area (Å²) in [6, 6.07) is 0. The third-order valence-corrected chi connectivity index (χ3v) is 9.21. The molecule has 0 bridgehead atoms. The quantitative estimate of drug-likeness (QED) is 0.479. The zero-order valence-corrected chi connectivity index (χ0v) is 18.0. The summed E-state index contributed by atoms with van der Waals surface area (Å²) >= 11 is 0. The molecule has 1 aliphatic heterocycles. The van der Waals surface area contributed by atoms with Gasteiger partial charge in [-0.25, -0.2) is 0 Å². The molecule has 1 rings (SSSR count). The fraction of sp³-hybridized carbons (Fsp3) is 1.00. The average Bonchev–Trinajstić information content (AvgIpc) is 2.56. The smallest absolute Gasteiger partial charge is 0.334 e. The molecule has 0 aromatic rings. The molecule has 9 heteroatoms. The van der Waals surface area contributed by atoms with Crippen molar-refractivity contribution in [2.75, 3.05) is 52.2 Å². The molecule has 0 saturated carbocycles. The average molecular weight is 400 g/mol. The highest BCUT2D eigenvalue weighted by Gasteiger charge is 2.44. The minimum absolute atomic E-state index is 0.0649. The molecule has 1 N–H and O–H groups in total. The molecule has 0 aromatic heterocycles. The van der Waals surface area contributed by atoms with Gasteiger partial charge >= 0.3 is 15.2 Å². The SMILES string of the molecule is CCOP(=O)(C[C@H](C[NH+]1CCCCC1)P(=O)(OCC)OCC)OCC. The normalized spacial score (nSPS) is 18.4. The van der Waals surface area contributed by atoms with Gasteiger partial charge in [-0.3, -0.25) is 9.13 Å². The standard InChI is InChI=1S/C16H35NO6P2/c1-5-20-24(18,21-6-2)15-16(14-17-12-10-9-11-13-17)25(19,22-7-3)23-8-4/h16H,5-15H2,1-4H3/p+1/t16-/m0/s1. The van der Waals surface area contributed by atoms with Crippen molar-refractivity contribution in [2.45, 2.75) is 52.6 Å². The third kappa shape index (κ3) is 7.80. The van der Waals surface area contributed by atoms with Gasteiger partial charge in [0.1, 0.15) is 5.66 Å². The van der Waals surface area contributed by atoms with E-state index in [2.05, 4.69) is 0 Å². The van der Waals surface area contributed by atoms with Crippen LogP contribution in [0.3, 0.4) is 0 Å². The first kappa shape index (κ1) is 23.3. The van der Waals surface area contributed by atoms with Crippen molar-refractivity contribution in [2.24, 2.45) is 0 Å². The van der Waals surface area contributed by atoms with Gasteiger partial charge in [-0.1, -0.05) is 0 Å². The van der Waals surface area contributed by atoms with E-state index in [0.717, 1.165) is 25.9 Å². The Morgan fingerprint density at radius 1 is 0.800 bits per heavy atom. The molecule has 0 aliphatic carbocycles. The Hall–Kier alpha value is 0.260. The fourth-order valence-electron chi connectivity index (χ4n) is 3.27. The van der Waals surface area contributed by atoms with Crippen LogP contribution in [0.25, 0.3) is 0 Å². The monoisotopic (exact) mass is 400 g/mol. The van der Waals surface area contributed by atoms with Gasteiger partial charge in [0.05, 0.1) is 52.2 Å². The second-order valence-corrected chi connectivity index (χ2v) is 10.6. The van der Waals surface area contributed by atoms with E-state index in [9.17, 15) is 9.13 Å². The van der Waals surface area contributed by atoms with Gasteiger partial charge in [0.2, 0.25) is 0 Å². The zero-order chi connectivity index (χ0) is 18.8. The van der Waals surface area contributed by atoms with Gasteiger partial charge in [0, 0.05) is 0 Å². The Balaban J connectivity index is 3.02. The highest BCUT2D eigenvalue weighted by Crippen LogP contribution is 2.59. The highest BCUT2D eigenvalue weighted by atomic mass is 31.2. The Bertz CT molecular complexity index is 436. The number of rotatable bonds is 13. The van der Waals surface area contributed by atoms with Gasteiger partial charge in [-0.15, -0.1) is 0 Å². The van der Waals surface area contributed by atoms with E-state index in [4.69, 9.17) is 18.1 Å². The number of likely N-dealkylation sites (tertiary alicyclic amines) is 1. The van der Waals surface area contributed by atoms with E-state index >= 15 is 0 Å². The lowest BCUT2D eigenvalue weighted by molar-refractivity contribution is -0.904. The molecule has 25 heavy (non-hydrogen) atoms. The Kier molecular flexibility index (Phi) is 11.1. The minimum atomic E-state index is -3.39. The maximum Gasteiger partial charge on any atom is 0.340 e. The molecular formula is C16H36NO6P2+. The van der Waals surface area contributed by atoms with E-state index in [-0.39, 0.29) is 32.6 Å². The first-order chi connectivity index (χ1) is 11.9. The van der Waals surface area contributed by atoms with Crippen LogP contribution in [0.2, 0.25) is 0 Å². The Morgan fingerprint density at radius 3 is 1.72 bits per heavy atom. The van der Waals surface area contributed by atoms with E-state index in [1.54, 1.807) is 27.7 Å². The Labute approximate surface area is 152 Å². The summed E-state index contributed by atoms with van der Waals surface area (Å²) in [6.45, 7) is 11.0. The van der Waals surface area contributed by atoms with Crippen LogP contribution in [-0.2, 0) is 27.2 Å². The molecular weight excluding hydrogens is 364 g/mol. The van der Waals surface area contributed by atoms with Crippen LogP contribution in [0.15, 0.2) is 0 Å². The molecule has 0 aromatic carbocycles. The maximum absolute atomic E-state index is 13.4. The second-order valence-electron chi connectivity index (χ2n) is 6.17. The maximum atomic E-state index is 13.4. The topological polar surface area (TPSA) is 75.5 Å². The summed E-state index contributed by atoms with van der Waals surface area (Å²) in [7, 11) is -6.73. The first-order valence-electron chi connectivity index (χ1n) is 9.53. The molecule has 1 saturated heterocycles. The molecule has 1 aliphatic rings. The largest absolute Gasteiger partial charge is 0.340 e. The van der Waals surface area contributed by atoms with Gasteiger partial charge in [0.25, 0.3) is 0 Å². The van der Waals surface area contributed by atoms with Gasteiger partial charge < -0.3 is 23.0 Å². The van der Waals surface area contributed by atoms with Crippen molar-refractivity contribution in [3.05, 3.63) is 0 Å². The van der Waals surface area contributed by atoms with Crippen LogP contribution in [0, 0.1) is 0 Å². The fourth-order valence-corrected chi connectivity index (χ4v) is 8.08. The van der Waals surface area contributed by atoms with Gasteiger partial charge in [-0.05, 0) is 47.0 Å². The molecule has 150 valence electrons. The predicted octanol–water partition coefficient (Wildman–Crippen LogP) is 2.96. The highest BCUT2D eigenvalue weighted by molar-refractivity contribution is 7.58. The second kappa shape index (κ2) is 11.9. The van der Waals surface area contributed by atoms with Crippen LogP contribution in [-0.4, -0.2) is 57.9 Å². The van der Waals surface area contributed by atoms with Gasteiger partial charge in [0.15, 0.2) is 0 Å². The predicted molar refractivity (Wildman–Crippen MR) is 99.8 cm³/mol. The summed E-state index contributed by atoms with van der Waals surface area (Å²) in [5, 5.41) is 0. The van der Waals surface area contributed by atoms with E-state index in [1.807, 2.05) is 0 Å². The third-order valence-electron chi connectivity index (χ3n) is 4.24. The molecule has 0 radical (unpaired) electrons. The number of piperidine rings is 1. The summed E-state index contributed by atoms with van der Waals surface area (Å²) in [6.07, 6.45) is 3.61. The van der Waals surface area contributed by atoms with Gasteiger partial charge in [-0.2, -0.15) is 0 Å². The van der Waals surface area contributed by atoms with Crippen LogP contribution in [0.4, 0.5) is 0 Å². The Morgan fingerprint density at radius 2 is 1.28 bits per heavy atom. The summed E-state index contributed by atoms with van der Waals surface area (Å²) in [5.41, 5.74) is -0.496. The molecule has 0 spiro atoms. The number of nitrogens with one attached hydrogen (secondary N) is 1. The minimum Gasteiger partial charge on any atom is -0.334 e. The van der Waals surface area contributed by atoms with Crippen LogP contribution in [0.5, 0.6) is 0 Å². The summed E-state index contributed by atoms with van der Waals surface area (Å²) in [4.78, 5) is 1.36. The molecule has 0 unspecified atom stereocenters. The van der Waals surface area contributed by atoms with E-state index < -0.39 is 20.9 Å². The summed E-state index contributed by atoms with van der Waals surface area (Å²) < 4.78 is 48.4. The van der Waals surface area contributed by atoms with Crippen LogP contribution < -0.4 is 4.90 Å². The molecule has 1 fully saturated rings. The molecule has 0 amide bonds. The summed E-state index contributed by atoms with van der Waals surface area (Å²) in [5.74, 6) is 0. The van der Waals surface area contributed by atoms with E-state index in [0.29, 0.717) is 6.54 Å². The number of hydrogen-bond acceptors (Lipinski definition) is 6. The van der Waals surface area contributed by atoms with Crippen molar-refractivity contribution in [3.8, 4) is 0 Å². The molecule has 1 heterocycles. The zero-order valence-electron chi connectivity index (χ0n) is 16.2. The van der Waals surface area contributed by atoms with E-state index in [1.165, 1.54) is 11.3 Å². The lowest BCUT2D eigenvalue weighted by Crippen LogP contribution is -3.13. The number of hydrogen-bond donors (Lipinski definition) is 1. The molecule has 1 atom stereocenters. The van der Waals surface area contributed by atoms with Crippen molar-refractivity contribution in [1.29, 1.82) is 0 Å². The van der Waals surface area contributed by atoms with Crippen molar-refractivity contribution in [3.63, 3.8) is 0 Å². The lowest BCUT2D eigenvalue weighted by Gasteiger charge is -2.32. The van der Waals surface area contributed by atoms with Crippen LogP contribution >= 0.6 is 15.2 Å². The number of quaternary nitrogens is 1. The van der Waals surface area contributed by atoms with Crippen LogP contribution in [0.1, 0.15) is 47.0 Å². The van der Waals surface area contributed by atoms with Crippen molar-refractivity contribution >= 4 is 15.2 Å². The first-order valence-corrected chi connectivity index (χ1v) is 12.9. The lowest BCUT2D eigenvalue weighted by atomic mass is 10.1. The molecule has 7 nitrogen and oxygen atoms in total. The van der Waals surface area contributed by atoms with Crippen molar-refractivity contribution < 1.29 is 32.1 Å². The van der Waals surface area contributed by atoms with Crippen molar-refractivity contribution in [1.82, 2.24) is 0 Å².